The molecule has 25 heavy (non-hydrogen) atoms. The number of carbonyl (C=O) groups is 1. The van der Waals surface area contributed by atoms with Gasteiger partial charge in [0.25, 0.3) is 5.91 Å². The summed E-state index contributed by atoms with van der Waals surface area (Å²) in [5, 5.41) is 0. The summed E-state index contributed by atoms with van der Waals surface area (Å²) in [5.74, 6) is -1.16. The van der Waals surface area contributed by atoms with Gasteiger partial charge in [-0.2, -0.15) is 0 Å². The van der Waals surface area contributed by atoms with E-state index >= 15 is 0 Å². The van der Waals surface area contributed by atoms with E-state index < -0.39 is 5.91 Å². The van der Waals surface area contributed by atoms with E-state index in [1.807, 2.05) is 0 Å². The minimum Gasteiger partial charge on any atom is -0.399 e. The number of hydrogen-bond acceptors (Lipinski definition) is 5. The molecule has 0 heterocycles. The van der Waals surface area contributed by atoms with Gasteiger partial charge in [-0.25, -0.2) is 4.39 Å². The fraction of sp³-hybridized carbons (Fsp3) is 0.111. The molecule has 0 saturated carbocycles. The van der Waals surface area contributed by atoms with Crippen LogP contribution in [-0.2, 0) is 4.79 Å². The van der Waals surface area contributed by atoms with E-state index in [0.29, 0.717) is 16.8 Å². The van der Waals surface area contributed by atoms with Crippen molar-refractivity contribution in [2.75, 3.05) is 5.73 Å². The van der Waals surface area contributed by atoms with Crippen LogP contribution >= 0.6 is 0 Å². The van der Waals surface area contributed by atoms with Crippen LogP contribution < -0.4 is 22.9 Å². The number of amides is 1. The maximum atomic E-state index is 13.8. The van der Waals surface area contributed by atoms with Crippen LogP contribution in [0.3, 0.4) is 0 Å². The summed E-state index contributed by atoms with van der Waals surface area (Å²) in [7, 11) is 0. The van der Waals surface area contributed by atoms with Crippen molar-refractivity contribution in [1.82, 2.24) is 0 Å². The molecule has 0 atom stereocenters. The van der Waals surface area contributed by atoms with Crippen LogP contribution in [0.4, 0.5) is 10.1 Å². The molecule has 0 spiro atoms. The average molecular weight is 341 g/mol. The summed E-state index contributed by atoms with van der Waals surface area (Å²) in [4.78, 5) is 15.8. The van der Waals surface area contributed by atoms with E-state index in [0.717, 1.165) is 5.56 Å². The molecule has 1 aliphatic carbocycles. The van der Waals surface area contributed by atoms with Crippen molar-refractivity contribution >= 4 is 17.8 Å². The van der Waals surface area contributed by atoms with Gasteiger partial charge in [0.05, 0.1) is 0 Å². The lowest BCUT2D eigenvalue weighted by molar-refractivity contribution is -0.114. The van der Waals surface area contributed by atoms with E-state index in [-0.39, 0.29) is 29.3 Å². The molecular weight excluding hydrogens is 321 g/mol. The second kappa shape index (κ2) is 7.48. The van der Waals surface area contributed by atoms with Crippen molar-refractivity contribution in [3.63, 3.8) is 0 Å². The second-order valence-electron chi connectivity index (χ2n) is 5.56. The molecule has 1 aromatic rings. The number of benzene rings is 1. The van der Waals surface area contributed by atoms with Crippen LogP contribution in [-0.4, -0.2) is 12.1 Å². The van der Waals surface area contributed by atoms with Crippen molar-refractivity contribution in [2.24, 2.45) is 22.2 Å². The number of halogens is 1. The van der Waals surface area contributed by atoms with E-state index in [1.165, 1.54) is 18.4 Å². The molecule has 1 aliphatic rings. The lowest BCUT2D eigenvalue weighted by atomic mass is 10.1. The largest absolute Gasteiger partial charge is 0.399 e. The Kier molecular flexibility index (Phi) is 5.38. The fourth-order valence-electron chi connectivity index (χ4n) is 2.22. The Hall–Kier alpha value is -3.35. The highest BCUT2D eigenvalue weighted by molar-refractivity contribution is 5.93. The zero-order valence-electron chi connectivity index (χ0n) is 13.8. The first-order valence-electron chi connectivity index (χ1n) is 7.52. The zero-order chi connectivity index (χ0) is 18.6. The van der Waals surface area contributed by atoms with Crippen molar-refractivity contribution in [1.29, 1.82) is 0 Å². The number of aliphatic imine (C=N–C) groups is 1. The van der Waals surface area contributed by atoms with Gasteiger partial charge in [0.15, 0.2) is 0 Å². The molecule has 0 aromatic heterocycles. The summed E-state index contributed by atoms with van der Waals surface area (Å²) in [6.45, 7) is 1.61. The lowest BCUT2D eigenvalue weighted by Gasteiger charge is -2.10. The molecule has 0 bridgehead atoms. The summed E-state index contributed by atoms with van der Waals surface area (Å²) in [5.41, 5.74) is 25.0. The summed E-state index contributed by atoms with van der Waals surface area (Å²) in [6, 6.07) is 6.93. The van der Waals surface area contributed by atoms with Crippen LogP contribution in [0.15, 0.2) is 75.5 Å². The van der Waals surface area contributed by atoms with Crippen LogP contribution in [0.5, 0.6) is 0 Å². The number of anilines is 1. The van der Waals surface area contributed by atoms with Crippen LogP contribution in [0.25, 0.3) is 0 Å². The van der Waals surface area contributed by atoms with Gasteiger partial charge in [0, 0.05) is 29.6 Å². The minimum atomic E-state index is -0.840. The predicted molar refractivity (Wildman–Crippen MR) is 97.6 cm³/mol. The van der Waals surface area contributed by atoms with E-state index in [1.54, 1.807) is 31.2 Å². The Morgan fingerprint density at radius 3 is 2.44 bits per heavy atom. The third-order valence-corrected chi connectivity index (χ3v) is 3.65. The molecule has 6 nitrogen and oxygen atoms in total. The Labute approximate surface area is 145 Å². The van der Waals surface area contributed by atoms with E-state index in [2.05, 4.69) is 4.99 Å². The Balaban J connectivity index is 2.49. The third kappa shape index (κ3) is 4.35. The number of nitrogens with zero attached hydrogens (tertiary/aromatic N) is 1. The first-order chi connectivity index (χ1) is 11.8. The fourth-order valence-corrected chi connectivity index (χ4v) is 2.22. The van der Waals surface area contributed by atoms with Crippen molar-refractivity contribution < 1.29 is 9.18 Å². The van der Waals surface area contributed by atoms with Gasteiger partial charge in [-0.1, -0.05) is 18.2 Å². The van der Waals surface area contributed by atoms with Crippen LogP contribution in [0, 0.1) is 0 Å². The Morgan fingerprint density at radius 2 is 1.84 bits per heavy atom. The molecule has 0 unspecified atom stereocenters. The molecule has 130 valence electrons. The van der Waals surface area contributed by atoms with Crippen molar-refractivity contribution in [2.45, 2.75) is 13.3 Å². The van der Waals surface area contributed by atoms with Crippen LogP contribution in [0.2, 0.25) is 0 Å². The number of allylic oxidation sites excluding steroid dienone is 4. The van der Waals surface area contributed by atoms with Gasteiger partial charge >= 0.3 is 0 Å². The first kappa shape index (κ1) is 18.0. The highest BCUT2D eigenvalue weighted by Crippen LogP contribution is 2.27. The smallest absolute Gasteiger partial charge is 0.266 e. The van der Waals surface area contributed by atoms with Gasteiger partial charge in [-0.15, -0.1) is 0 Å². The highest BCUT2D eigenvalue weighted by atomic mass is 19.1. The quantitative estimate of drug-likeness (QED) is 0.377. The lowest BCUT2D eigenvalue weighted by Crippen LogP contribution is -2.23. The van der Waals surface area contributed by atoms with Crippen molar-refractivity contribution in [3.8, 4) is 0 Å². The molecule has 0 radical (unpaired) electrons. The molecule has 0 aliphatic heterocycles. The van der Waals surface area contributed by atoms with Gasteiger partial charge in [-0.05, 0) is 36.3 Å². The topological polar surface area (TPSA) is 134 Å². The van der Waals surface area contributed by atoms with Crippen molar-refractivity contribution in [3.05, 3.63) is 76.0 Å². The standard InChI is InChI=1S/C18H20FN5O/c1-10-8-15(21)13(6-7-14(10)19)17(16(22)18(23)25)24-9-11-2-4-12(20)5-3-11/h2-6,8-9H,7,20-22H2,1H3,(H2,23,25)/b17-16+,24-9?. The maximum absolute atomic E-state index is 13.8. The number of nitrogens with two attached hydrogens (primary N) is 4. The first-order valence-corrected chi connectivity index (χ1v) is 7.52. The molecule has 1 amide bonds. The summed E-state index contributed by atoms with van der Waals surface area (Å²) in [6.07, 6.45) is 4.52. The molecule has 2 rings (SSSR count). The highest BCUT2D eigenvalue weighted by Gasteiger charge is 2.17. The van der Waals surface area contributed by atoms with E-state index in [4.69, 9.17) is 22.9 Å². The Bertz CT molecular complexity index is 845. The van der Waals surface area contributed by atoms with Gasteiger partial charge in [-0.3, -0.25) is 9.79 Å². The molecular formula is C18H20FN5O. The SMILES string of the molecule is CC1=C(F)CC=C(/C(N=Cc2ccc(N)cc2)=C(\N)C(N)=O)C(N)=C1. The minimum absolute atomic E-state index is 0.0191. The van der Waals surface area contributed by atoms with Gasteiger partial charge in [0.2, 0.25) is 0 Å². The van der Waals surface area contributed by atoms with Crippen LogP contribution in [0.1, 0.15) is 18.9 Å². The average Bonchev–Trinajstić information content (AvgIpc) is 2.69. The molecule has 8 N–H and O–H groups in total. The predicted octanol–water partition coefficient (Wildman–Crippen LogP) is 1.76. The van der Waals surface area contributed by atoms with Gasteiger partial charge in [0.1, 0.15) is 17.2 Å². The van der Waals surface area contributed by atoms with E-state index in [9.17, 15) is 9.18 Å². The Morgan fingerprint density at radius 1 is 1.20 bits per heavy atom. The third-order valence-electron chi connectivity index (χ3n) is 3.65. The number of nitrogen functional groups attached to an aromatic ring is 1. The number of hydrogen-bond donors (Lipinski definition) is 4. The number of rotatable bonds is 4. The normalized spacial score (nSPS) is 16.2. The molecule has 1 aromatic carbocycles. The van der Waals surface area contributed by atoms with Gasteiger partial charge < -0.3 is 22.9 Å². The zero-order valence-corrected chi connectivity index (χ0v) is 13.8. The molecule has 0 saturated heterocycles. The monoisotopic (exact) mass is 341 g/mol. The summed E-state index contributed by atoms with van der Waals surface area (Å²) >= 11 is 0. The molecule has 7 heteroatoms. The number of carbonyl (C=O) groups excluding carboxylic acids is 1. The second-order valence-corrected chi connectivity index (χ2v) is 5.56. The summed E-state index contributed by atoms with van der Waals surface area (Å²) < 4.78 is 13.8. The molecule has 0 fully saturated rings. The maximum Gasteiger partial charge on any atom is 0.266 e. The number of primary amides is 1.